The van der Waals surface area contributed by atoms with Gasteiger partial charge < -0.3 is 14.3 Å². The highest BCUT2D eigenvalue weighted by Gasteiger charge is 2.19. The van der Waals surface area contributed by atoms with Crippen molar-refractivity contribution < 1.29 is 13.7 Å². The van der Waals surface area contributed by atoms with E-state index in [4.69, 9.17) is 8.94 Å². The largest absolute Gasteiger partial charge is 0.464 e. The molecule has 2 heterocycles. The van der Waals surface area contributed by atoms with E-state index in [1.165, 1.54) is 0 Å². The molecule has 1 N–H and O–H groups in total. The summed E-state index contributed by atoms with van der Waals surface area (Å²) in [6.45, 7) is 5.96. The second-order valence-corrected chi connectivity index (χ2v) is 8.26. The first-order chi connectivity index (χ1) is 15.5. The zero-order valence-corrected chi connectivity index (χ0v) is 18.2. The number of aryl methyl sites for hydroxylation is 1. The molecule has 0 aliphatic heterocycles. The highest BCUT2D eigenvalue weighted by molar-refractivity contribution is 6.09. The number of amides is 1. The van der Waals surface area contributed by atoms with Crippen LogP contribution in [-0.2, 0) is 11.2 Å². The van der Waals surface area contributed by atoms with Crippen molar-refractivity contribution in [3.05, 3.63) is 77.8 Å². The highest BCUT2D eigenvalue weighted by Crippen LogP contribution is 2.32. The Bertz CT molecular complexity index is 1450. The Morgan fingerprint density at radius 3 is 2.72 bits per heavy atom. The van der Waals surface area contributed by atoms with Crippen molar-refractivity contribution in [1.29, 1.82) is 0 Å². The fourth-order valence-corrected chi connectivity index (χ4v) is 3.95. The first-order valence-corrected chi connectivity index (χ1v) is 10.6. The number of nitrogens with one attached hydrogen (secondary N) is 1. The van der Waals surface area contributed by atoms with Crippen LogP contribution < -0.4 is 5.32 Å². The third kappa shape index (κ3) is 3.54. The van der Waals surface area contributed by atoms with Crippen molar-refractivity contribution in [3.8, 4) is 11.5 Å². The van der Waals surface area contributed by atoms with Crippen molar-refractivity contribution in [1.82, 2.24) is 10.1 Å². The second-order valence-electron chi connectivity index (χ2n) is 8.26. The van der Waals surface area contributed by atoms with Crippen molar-refractivity contribution in [2.75, 3.05) is 5.32 Å². The van der Waals surface area contributed by atoms with E-state index in [0.717, 1.165) is 32.9 Å². The Morgan fingerprint density at radius 2 is 1.91 bits per heavy atom. The van der Waals surface area contributed by atoms with Gasteiger partial charge in [-0.25, -0.2) is 0 Å². The first-order valence-electron chi connectivity index (χ1n) is 10.6. The van der Waals surface area contributed by atoms with Gasteiger partial charge in [0.15, 0.2) is 5.82 Å². The topological polar surface area (TPSA) is 81.2 Å². The number of anilines is 1. The van der Waals surface area contributed by atoms with Crippen LogP contribution in [0.5, 0.6) is 0 Å². The number of aromatic nitrogens is 2. The van der Waals surface area contributed by atoms with Gasteiger partial charge in [-0.2, -0.15) is 4.98 Å². The number of fused-ring (bicyclic) bond motifs is 3. The number of para-hydroxylation sites is 1. The standard InChI is InChI=1S/C26H23N3O3/c1-15(2)25-28-26(32-29-25)20-10-6-7-16(3)24(20)27-22(30)13-18-14-31-21-12-11-17-8-4-5-9-19(17)23(18)21/h4-12,14-15H,13H2,1-3H3,(H,27,30). The molecular weight excluding hydrogens is 402 g/mol. The maximum absolute atomic E-state index is 13.1. The number of benzene rings is 3. The minimum absolute atomic E-state index is 0.139. The monoisotopic (exact) mass is 425 g/mol. The van der Waals surface area contributed by atoms with E-state index < -0.39 is 0 Å². The fraction of sp³-hybridized carbons (Fsp3) is 0.192. The predicted molar refractivity (Wildman–Crippen MR) is 125 cm³/mol. The van der Waals surface area contributed by atoms with Gasteiger partial charge in [-0.3, -0.25) is 4.79 Å². The van der Waals surface area contributed by atoms with Gasteiger partial charge in [-0.05, 0) is 35.4 Å². The molecule has 0 atom stereocenters. The van der Waals surface area contributed by atoms with Gasteiger partial charge in [0, 0.05) is 16.9 Å². The lowest BCUT2D eigenvalue weighted by atomic mass is 10.0. The van der Waals surface area contributed by atoms with Crippen molar-refractivity contribution >= 4 is 33.3 Å². The molecule has 5 rings (SSSR count). The molecule has 160 valence electrons. The van der Waals surface area contributed by atoms with Gasteiger partial charge in [0.1, 0.15) is 5.58 Å². The lowest BCUT2D eigenvalue weighted by Crippen LogP contribution is -2.15. The zero-order chi connectivity index (χ0) is 22.2. The van der Waals surface area contributed by atoms with Crippen LogP contribution in [0.15, 0.2) is 69.8 Å². The summed E-state index contributed by atoms with van der Waals surface area (Å²) < 4.78 is 11.2. The summed E-state index contributed by atoms with van der Waals surface area (Å²) in [4.78, 5) is 17.6. The molecule has 1 amide bonds. The summed E-state index contributed by atoms with van der Waals surface area (Å²) in [6.07, 6.45) is 1.86. The Labute approximate surface area is 185 Å². The Morgan fingerprint density at radius 1 is 1.06 bits per heavy atom. The second kappa shape index (κ2) is 7.96. The lowest BCUT2D eigenvalue weighted by molar-refractivity contribution is -0.115. The van der Waals surface area contributed by atoms with Crippen LogP contribution in [0.4, 0.5) is 5.69 Å². The summed E-state index contributed by atoms with van der Waals surface area (Å²) in [5.41, 5.74) is 3.93. The number of hydrogen-bond donors (Lipinski definition) is 1. The third-order valence-corrected chi connectivity index (χ3v) is 5.62. The van der Waals surface area contributed by atoms with Crippen LogP contribution in [0, 0.1) is 6.92 Å². The quantitative estimate of drug-likeness (QED) is 0.360. The Hall–Kier alpha value is -3.93. The van der Waals surface area contributed by atoms with Crippen molar-refractivity contribution in [2.24, 2.45) is 0 Å². The predicted octanol–water partition coefficient (Wildman–Crippen LogP) is 6.25. The van der Waals surface area contributed by atoms with E-state index in [0.29, 0.717) is 23.0 Å². The summed E-state index contributed by atoms with van der Waals surface area (Å²) in [7, 11) is 0. The van der Waals surface area contributed by atoms with E-state index in [1.807, 2.05) is 63.2 Å². The molecule has 0 aliphatic carbocycles. The minimum Gasteiger partial charge on any atom is -0.464 e. The summed E-state index contributed by atoms with van der Waals surface area (Å²) in [5.74, 6) is 1.04. The molecule has 0 bridgehead atoms. The summed E-state index contributed by atoms with van der Waals surface area (Å²) in [6, 6.07) is 17.8. The Balaban J connectivity index is 1.47. The third-order valence-electron chi connectivity index (χ3n) is 5.62. The molecule has 6 heteroatoms. The van der Waals surface area contributed by atoms with Crippen LogP contribution >= 0.6 is 0 Å². The normalized spacial score (nSPS) is 11.5. The van der Waals surface area contributed by atoms with Crippen molar-refractivity contribution in [2.45, 2.75) is 33.1 Å². The maximum atomic E-state index is 13.1. The van der Waals surface area contributed by atoms with Gasteiger partial charge in [-0.1, -0.05) is 61.5 Å². The van der Waals surface area contributed by atoms with E-state index in [2.05, 4.69) is 27.6 Å². The number of rotatable bonds is 5. The van der Waals surface area contributed by atoms with Gasteiger partial charge in [0.25, 0.3) is 5.89 Å². The molecule has 6 nitrogen and oxygen atoms in total. The van der Waals surface area contributed by atoms with E-state index >= 15 is 0 Å². The molecular formula is C26H23N3O3. The molecule has 5 aromatic rings. The summed E-state index contributed by atoms with van der Waals surface area (Å²) >= 11 is 0. The van der Waals surface area contributed by atoms with Gasteiger partial charge in [0.2, 0.25) is 5.91 Å². The highest BCUT2D eigenvalue weighted by atomic mass is 16.5. The molecule has 0 radical (unpaired) electrons. The Kier molecular flexibility index (Phi) is 4.98. The molecule has 32 heavy (non-hydrogen) atoms. The molecule has 0 unspecified atom stereocenters. The van der Waals surface area contributed by atoms with E-state index in [9.17, 15) is 4.79 Å². The number of carbonyl (C=O) groups is 1. The van der Waals surface area contributed by atoms with Crippen LogP contribution in [-0.4, -0.2) is 16.0 Å². The van der Waals surface area contributed by atoms with Gasteiger partial charge >= 0.3 is 0 Å². The lowest BCUT2D eigenvalue weighted by Gasteiger charge is -2.11. The number of furan rings is 1. The molecule has 2 aromatic heterocycles. The average Bonchev–Trinajstić information content (AvgIpc) is 3.43. The molecule has 0 saturated carbocycles. The zero-order valence-electron chi connectivity index (χ0n) is 18.2. The van der Waals surface area contributed by atoms with Crippen LogP contribution in [0.3, 0.4) is 0 Å². The summed E-state index contributed by atoms with van der Waals surface area (Å²) in [5, 5.41) is 10.3. The number of carbonyl (C=O) groups excluding carboxylic acids is 1. The van der Waals surface area contributed by atoms with Gasteiger partial charge in [0.05, 0.1) is 23.9 Å². The number of nitrogens with zero attached hydrogens (tertiary/aromatic N) is 2. The SMILES string of the molecule is Cc1cccc(-c2nc(C(C)C)no2)c1NC(=O)Cc1coc2ccc3ccccc3c12. The molecule has 0 fully saturated rings. The molecule has 0 saturated heterocycles. The van der Waals surface area contributed by atoms with Crippen LogP contribution in [0.25, 0.3) is 33.2 Å². The smallest absolute Gasteiger partial charge is 0.260 e. The first kappa shape index (κ1) is 20.0. The minimum atomic E-state index is -0.139. The van der Waals surface area contributed by atoms with E-state index in [-0.39, 0.29) is 18.2 Å². The molecule has 3 aromatic carbocycles. The molecule has 0 spiro atoms. The van der Waals surface area contributed by atoms with Gasteiger partial charge in [-0.15, -0.1) is 0 Å². The maximum Gasteiger partial charge on any atom is 0.260 e. The fourth-order valence-electron chi connectivity index (χ4n) is 3.95. The molecule has 0 aliphatic rings. The van der Waals surface area contributed by atoms with Crippen LogP contribution in [0.1, 0.15) is 36.7 Å². The number of hydrogen-bond acceptors (Lipinski definition) is 5. The average molecular weight is 425 g/mol. The van der Waals surface area contributed by atoms with Crippen LogP contribution in [0.2, 0.25) is 0 Å². The van der Waals surface area contributed by atoms with E-state index in [1.54, 1.807) is 6.26 Å². The van der Waals surface area contributed by atoms with Crippen molar-refractivity contribution in [3.63, 3.8) is 0 Å².